The van der Waals surface area contributed by atoms with Crippen LogP contribution in [0.3, 0.4) is 0 Å². The minimum Gasteiger partial charge on any atom is -0.369 e. The van der Waals surface area contributed by atoms with Crippen molar-refractivity contribution in [3.63, 3.8) is 0 Å². The molecular weight excluding hydrogens is 258 g/mol. The third-order valence-corrected chi connectivity index (χ3v) is 3.93. The molecule has 2 heterocycles. The van der Waals surface area contributed by atoms with Crippen LogP contribution in [0, 0.1) is 0 Å². The molecule has 0 spiro atoms. The maximum absolute atomic E-state index is 4.69. The first-order chi connectivity index (χ1) is 9.17. The summed E-state index contributed by atoms with van der Waals surface area (Å²) in [5.74, 6) is 2.87. The smallest absolute Gasteiger partial charge is 0.180 e. The van der Waals surface area contributed by atoms with Crippen LogP contribution in [-0.4, -0.2) is 46.0 Å². The van der Waals surface area contributed by atoms with Crippen molar-refractivity contribution in [3.8, 4) is 0 Å². The summed E-state index contributed by atoms with van der Waals surface area (Å²) in [6.07, 6.45) is 7.86. The van der Waals surface area contributed by atoms with Crippen molar-refractivity contribution in [2.24, 2.45) is 0 Å². The maximum Gasteiger partial charge on any atom is 0.180 e. The van der Waals surface area contributed by atoms with Crippen LogP contribution >= 0.6 is 11.8 Å². The summed E-state index contributed by atoms with van der Waals surface area (Å²) in [4.78, 5) is 11.3. The molecule has 5 nitrogen and oxygen atoms in total. The number of aromatic nitrogens is 3. The highest BCUT2D eigenvalue weighted by molar-refractivity contribution is 7.98. The average molecular weight is 279 g/mol. The summed E-state index contributed by atoms with van der Waals surface area (Å²) in [6.45, 7) is 5.13. The van der Waals surface area contributed by atoms with E-state index in [1.165, 1.54) is 0 Å². The van der Waals surface area contributed by atoms with Crippen molar-refractivity contribution in [2.75, 3.05) is 35.8 Å². The Balaban J connectivity index is 2.41. The van der Waals surface area contributed by atoms with Gasteiger partial charge in [0.15, 0.2) is 11.5 Å². The zero-order chi connectivity index (χ0) is 13.8. The van der Waals surface area contributed by atoms with E-state index in [-0.39, 0.29) is 0 Å². The molecule has 1 N–H and O–H groups in total. The molecule has 0 aliphatic rings. The molecular formula is C13H21N5S. The van der Waals surface area contributed by atoms with Crippen molar-refractivity contribution in [3.05, 3.63) is 18.6 Å². The fourth-order valence-corrected chi connectivity index (χ4v) is 2.69. The molecule has 2 aromatic heterocycles. The van der Waals surface area contributed by atoms with Gasteiger partial charge in [0.2, 0.25) is 0 Å². The minimum absolute atomic E-state index is 0.417. The molecule has 0 saturated carbocycles. The fraction of sp³-hybridized carbons (Fsp3) is 0.538. The summed E-state index contributed by atoms with van der Waals surface area (Å²) in [6, 6.07) is 0.417. The molecule has 19 heavy (non-hydrogen) atoms. The number of hydrogen-bond acceptors (Lipinski definition) is 5. The van der Waals surface area contributed by atoms with E-state index in [2.05, 4.69) is 47.3 Å². The van der Waals surface area contributed by atoms with Gasteiger partial charge in [-0.3, -0.25) is 0 Å². The molecule has 0 aromatic carbocycles. The largest absolute Gasteiger partial charge is 0.369 e. The normalized spacial score (nSPS) is 12.6. The molecule has 2 rings (SSSR count). The zero-order valence-electron chi connectivity index (χ0n) is 11.9. The first kappa shape index (κ1) is 14.0. The van der Waals surface area contributed by atoms with Gasteiger partial charge < -0.3 is 14.6 Å². The molecule has 0 bridgehead atoms. The van der Waals surface area contributed by atoms with Crippen molar-refractivity contribution in [1.82, 2.24) is 14.4 Å². The quantitative estimate of drug-likeness (QED) is 0.879. The van der Waals surface area contributed by atoms with Crippen LogP contribution in [0.4, 0.5) is 11.6 Å². The van der Waals surface area contributed by atoms with Crippen LogP contribution in [0.5, 0.6) is 0 Å². The molecule has 1 unspecified atom stereocenters. The van der Waals surface area contributed by atoms with Crippen LogP contribution in [-0.2, 0) is 0 Å². The van der Waals surface area contributed by atoms with Gasteiger partial charge in [0.25, 0.3) is 0 Å². The molecule has 0 saturated heterocycles. The van der Waals surface area contributed by atoms with Gasteiger partial charge in [-0.05, 0) is 20.1 Å². The summed E-state index contributed by atoms with van der Waals surface area (Å²) >= 11 is 1.84. The van der Waals surface area contributed by atoms with Gasteiger partial charge in [-0.25, -0.2) is 9.97 Å². The third kappa shape index (κ3) is 2.94. The van der Waals surface area contributed by atoms with Crippen molar-refractivity contribution in [2.45, 2.75) is 19.9 Å². The van der Waals surface area contributed by atoms with Gasteiger partial charge in [-0.15, -0.1) is 0 Å². The Kier molecular flexibility index (Phi) is 4.52. The Hall–Kier alpha value is -1.43. The Bertz CT molecular complexity index is 539. The number of fused-ring (bicyclic) bond motifs is 1. The molecule has 1 atom stereocenters. The van der Waals surface area contributed by atoms with E-state index in [1.54, 1.807) is 0 Å². The number of hydrogen-bond donors (Lipinski definition) is 1. The molecule has 6 heteroatoms. The number of nitrogens with one attached hydrogen (secondary N) is 1. The predicted octanol–water partition coefficient (Wildman–Crippen LogP) is 2.35. The SMILES string of the molecule is CCNc1cn2ccnc2c(N(C)C(C)CSC)n1. The summed E-state index contributed by atoms with van der Waals surface area (Å²) in [5.41, 5.74) is 0.900. The highest BCUT2D eigenvalue weighted by Gasteiger charge is 2.16. The number of rotatable bonds is 6. The molecule has 0 fully saturated rings. The van der Waals surface area contributed by atoms with Gasteiger partial charge >= 0.3 is 0 Å². The van der Waals surface area contributed by atoms with Crippen molar-refractivity contribution in [1.29, 1.82) is 0 Å². The highest BCUT2D eigenvalue weighted by atomic mass is 32.2. The van der Waals surface area contributed by atoms with E-state index in [0.29, 0.717) is 6.04 Å². The van der Waals surface area contributed by atoms with E-state index in [4.69, 9.17) is 0 Å². The average Bonchev–Trinajstić information content (AvgIpc) is 2.85. The Labute approximate surface area is 118 Å². The van der Waals surface area contributed by atoms with E-state index < -0.39 is 0 Å². The van der Waals surface area contributed by atoms with Gasteiger partial charge in [-0.2, -0.15) is 11.8 Å². The lowest BCUT2D eigenvalue weighted by Crippen LogP contribution is -2.32. The number of imidazole rings is 1. The second kappa shape index (κ2) is 6.14. The lowest BCUT2D eigenvalue weighted by molar-refractivity contribution is 0.753. The topological polar surface area (TPSA) is 45.5 Å². The molecule has 0 aliphatic heterocycles. The van der Waals surface area contributed by atoms with E-state index >= 15 is 0 Å². The standard InChI is InChI=1S/C13H21N5S/c1-5-14-11-8-18-7-6-15-12(18)13(16-11)17(3)10(2)9-19-4/h6-8,10,14H,5,9H2,1-4H3. The van der Waals surface area contributed by atoms with E-state index in [9.17, 15) is 0 Å². The molecule has 0 aliphatic carbocycles. The predicted molar refractivity (Wildman–Crippen MR) is 83.4 cm³/mol. The Morgan fingerprint density at radius 2 is 2.32 bits per heavy atom. The van der Waals surface area contributed by atoms with Crippen LogP contribution in [0.15, 0.2) is 18.6 Å². The Morgan fingerprint density at radius 1 is 1.53 bits per heavy atom. The molecule has 0 amide bonds. The first-order valence-corrected chi connectivity index (χ1v) is 7.86. The van der Waals surface area contributed by atoms with E-state index in [0.717, 1.165) is 29.6 Å². The van der Waals surface area contributed by atoms with Gasteiger partial charge in [0, 0.05) is 37.8 Å². The lowest BCUT2D eigenvalue weighted by atomic mass is 10.3. The van der Waals surface area contributed by atoms with Gasteiger partial charge in [-0.1, -0.05) is 0 Å². The minimum atomic E-state index is 0.417. The molecule has 2 aromatic rings. The first-order valence-electron chi connectivity index (χ1n) is 6.46. The number of anilines is 2. The highest BCUT2D eigenvalue weighted by Crippen LogP contribution is 2.22. The van der Waals surface area contributed by atoms with Crippen LogP contribution in [0.2, 0.25) is 0 Å². The van der Waals surface area contributed by atoms with Gasteiger partial charge in [0.1, 0.15) is 5.82 Å². The number of thioether (sulfide) groups is 1. The number of nitrogens with zero attached hydrogens (tertiary/aromatic N) is 4. The Morgan fingerprint density at radius 3 is 3.00 bits per heavy atom. The second-order valence-corrected chi connectivity index (χ2v) is 5.46. The summed E-state index contributed by atoms with van der Waals surface area (Å²) < 4.78 is 2.02. The van der Waals surface area contributed by atoms with Crippen LogP contribution in [0.1, 0.15) is 13.8 Å². The molecule has 0 radical (unpaired) electrons. The lowest BCUT2D eigenvalue weighted by Gasteiger charge is -2.26. The van der Waals surface area contributed by atoms with Crippen LogP contribution < -0.4 is 10.2 Å². The zero-order valence-corrected chi connectivity index (χ0v) is 12.7. The molecule has 104 valence electrons. The van der Waals surface area contributed by atoms with Crippen LogP contribution in [0.25, 0.3) is 5.65 Å². The maximum atomic E-state index is 4.69. The van der Waals surface area contributed by atoms with Crippen molar-refractivity contribution < 1.29 is 0 Å². The monoisotopic (exact) mass is 279 g/mol. The summed E-state index contributed by atoms with van der Waals surface area (Å²) in [7, 11) is 2.08. The second-order valence-electron chi connectivity index (χ2n) is 4.55. The van der Waals surface area contributed by atoms with Gasteiger partial charge in [0.05, 0.1) is 6.20 Å². The summed E-state index contributed by atoms with van der Waals surface area (Å²) in [5, 5.41) is 3.26. The van der Waals surface area contributed by atoms with E-state index in [1.807, 2.05) is 34.8 Å². The fourth-order valence-electron chi connectivity index (χ4n) is 1.98. The third-order valence-electron chi connectivity index (χ3n) is 3.12. The van der Waals surface area contributed by atoms with Crippen molar-refractivity contribution >= 4 is 29.0 Å².